The molecule has 29 heavy (non-hydrogen) atoms. The number of amides is 1. The lowest BCUT2D eigenvalue weighted by molar-refractivity contribution is -0.134. The van der Waals surface area contributed by atoms with Crippen LogP contribution in [-0.2, 0) is 16.6 Å². The molecule has 0 aromatic carbocycles. The minimum atomic E-state index is -0.176. The number of carbonyl (C=O) groups is 1. The third-order valence-corrected chi connectivity index (χ3v) is 7.17. The number of aromatic nitrogens is 3. The van der Waals surface area contributed by atoms with E-state index in [-0.39, 0.29) is 11.0 Å². The van der Waals surface area contributed by atoms with Crippen molar-refractivity contribution in [1.29, 1.82) is 0 Å². The highest BCUT2D eigenvalue weighted by Gasteiger charge is 2.45. The highest BCUT2D eigenvalue weighted by Crippen LogP contribution is 2.43. The molecular weight excluding hydrogens is 364 g/mol. The van der Waals surface area contributed by atoms with Crippen LogP contribution in [-0.4, -0.2) is 38.8 Å². The average Bonchev–Trinajstić information content (AvgIpc) is 3.38. The highest BCUT2D eigenvalue weighted by molar-refractivity contribution is 5.77. The SMILES string of the molecule is O=C(CC1CCCC1)N1CCCC2(CCc3c2nc(-c2cccnc2)[nH]c3=O)C1. The predicted octanol–water partition coefficient (Wildman–Crippen LogP) is 3.22. The van der Waals surface area contributed by atoms with E-state index >= 15 is 0 Å². The lowest BCUT2D eigenvalue weighted by atomic mass is 9.77. The number of rotatable bonds is 3. The maximum absolute atomic E-state index is 13.0. The zero-order valence-electron chi connectivity index (χ0n) is 16.8. The summed E-state index contributed by atoms with van der Waals surface area (Å²) in [6.45, 7) is 1.54. The van der Waals surface area contributed by atoms with E-state index in [4.69, 9.17) is 4.98 Å². The third-order valence-electron chi connectivity index (χ3n) is 7.17. The lowest BCUT2D eigenvalue weighted by Crippen LogP contribution is -2.48. The van der Waals surface area contributed by atoms with Gasteiger partial charge in [0.1, 0.15) is 5.82 Å². The summed E-state index contributed by atoms with van der Waals surface area (Å²) in [5.74, 6) is 1.44. The summed E-state index contributed by atoms with van der Waals surface area (Å²) in [5, 5.41) is 0. The molecule has 2 aromatic heterocycles. The highest BCUT2D eigenvalue weighted by atomic mass is 16.2. The molecule has 1 unspecified atom stereocenters. The van der Waals surface area contributed by atoms with Crippen molar-refractivity contribution < 1.29 is 4.79 Å². The summed E-state index contributed by atoms with van der Waals surface area (Å²) in [6.07, 6.45) is 12.7. The fourth-order valence-electron chi connectivity index (χ4n) is 5.62. The number of pyridine rings is 1. The fourth-order valence-corrected chi connectivity index (χ4v) is 5.62. The molecule has 2 aliphatic carbocycles. The smallest absolute Gasteiger partial charge is 0.254 e. The topological polar surface area (TPSA) is 79.0 Å². The van der Waals surface area contributed by atoms with E-state index in [1.165, 1.54) is 25.7 Å². The van der Waals surface area contributed by atoms with Gasteiger partial charge < -0.3 is 9.88 Å². The van der Waals surface area contributed by atoms with Gasteiger partial charge in [-0.3, -0.25) is 14.6 Å². The van der Waals surface area contributed by atoms with Crippen molar-refractivity contribution in [3.05, 3.63) is 46.1 Å². The Labute approximate surface area is 170 Å². The Morgan fingerprint density at radius 2 is 2.10 bits per heavy atom. The molecule has 1 aliphatic heterocycles. The standard InChI is InChI=1S/C23H28N4O2/c28-19(13-16-5-1-2-6-16)27-12-4-9-23(15-27)10-8-18-20(23)25-21(26-22(18)29)17-7-3-11-24-14-17/h3,7,11,14,16H,1-2,4-6,8-10,12-13,15H2,(H,25,26,29). The fraction of sp³-hybridized carbons (Fsp3) is 0.565. The van der Waals surface area contributed by atoms with Crippen molar-refractivity contribution in [1.82, 2.24) is 19.9 Å². The third kappa shape index (κ3) is 3.38. The van der Waals surface area contributed by atoms with Crippen LogP contribution in [0.1, 0.15) is 62.6 Å². The Morgan fingerprint density at radius 1 is 1.24 bits per heavy atom. The molecule has 1 N–H and O–H groups in total. The zero-order chi connectivity index (χ0) is 19.8. The summed E-state index contributed by atoms with van der Waals surface area (Å²) in [6, 6.07) is 3.76. The average molecular weight is 393 g/mol. The van der Waals surface area contributed by atoms with Gasteiger partial charge in [-0.05, 0) is 56.6 Å². The van der Waals surface area contributed by atoms with Crippen LogP contribution in [0.5, 0.6) is 0 Å². The van der Waals surface area contributed by atoms with Crippen LogP contribution in [0, 0.1) is 5.92 Å². The first-order valence-electron chi connectivity index (χ1n) is 11.0. The first-order valence-corrected chi connectivity index (χ1v) is 11.0. The van der Waals surface area contributed by atoms with E-state index < -0.39 is 0 Å². The minimum absolute atomic E-state index is 0.0415. The molecule has 6 heteroatoms. The van der Waals surface area contributed by atoms with Crippen LogP contribution in [0.15, 0.2) is 29.3 Å². The van der Waals surface area contributed by atoms with E-state index in [0.717, 1.165) is 49.0 Å². The second kappa shape index (κ2) is 7.39. The summed E-state index contributed by atoms with van der Waals surface area (Å²) in [5.41, 5.74) is 2.32. The van der Waals surface area contributed by atoms with E-state index in [2.05, 4.69) is 14.9 Å². The summed E-state index contributed by atoms with van der Waals surface area (Å²) < 4.78 is 0. The molecule has 152 valence electrons. The molecule has 1 amide bonds. The Kier molecular flexibility index (Phi) is 4.72. The molecule has 0 bridgehead atoms. The zero-order valence-corrected chi connectivity index (χ0v) is 16.8. The first kappa shape index (κ1) is 18.5. The van der Waals surface area contributed by atoms with E-state index in [1.54, 1.807) is 12.4 Å². The van der Waals surface area contributed by atoms with Crippen LogP contribution in [0.3, 0.4) is 0 Å². The van der Waals surface area contributed by atoms with Gasteiger partial charge in [-0.25, -0.2) is 4.98 Å². The number of nitrogens with one attached hydrogen (secondary N) is 1. The number of H-pyrrole nitrogens is 1. The Morgan fingerprint density at radius 3 is 2.90 bits per heavy atom. The molecule has 0 radical (unpaired) electrons. The summed E-state index contributed by atoms with van der Waals surface area (Å²) in [4.78, 5) is 39.9. The number of likely N-dealkylation sites (tertiary alicyclic amines) is 1. The van der Waals surface area contributed by atoms with Gasteiger partial charge in [0, 0.05) is 48.4 Å². The molecule has 5 rings (SSSR count). The van der Waals surface area contributed by atoms with Crippen LogP contribution in [0.2, 0.25) is 0 Å². The molecule has 2 fully saturated rings. The largest absolute Gasteiger partial charge is 0.342 e. The Balaban J connectivity index is 1.44. The number of fused-ring (bicyclic) bond motifs is 2. The molecule has 6 nitrogen and oxygen atoms in total. The molecule has 1 atom stereocenters. The van der Waals surface area contributed by atoms with Crippen molar-refractivity contribution in [2.45, 2.75) is 63.2 Å². The maximum atomic E-state index is 13.0. The van der Waals surface area contributed by atoms with Gasteiger partial charge in [-0.15, -0.1) is 0 Å². The Hall–Kier alpha value is -2.50. The van der Waals surface area contributed by atoms with Gasteiger partial charge in [0.25, 0.3) is 5.56 Å². The van der Waals surface area contributed by atoms with E-state index in [1.807, 2.05) is 12.1 Å². The molecule has 1 saturated carbocycles. The van der Waals surface area contributed by atoms with Gasteiger partial charge in [0.15, 0.2) is 0 Å². The van der Waals surface area contributed by atoms with Crippen molar-refractivity contribution in [3.8, 4) is 11.4 Å². The van der Waals surface area contributed by atoms with Gasteiger partial charge >= 0.3 is 0 Å². The normalized spacial score (nSPS) is 24.2. The number of hydrogen-bond donors (Lipinski definition) is 1. The van der Waals surface area contributed by atoms with Crippen molar-refractivity contribution in [2.24, 2.45) is 5.92 Å². The number of carbonyl (C=O) groups excluding carboxylic acids is 1. The van der Waals surface area contributed by atoms with Gasteiger partial charge in [-0.1, -0.05) is 12.8 Å². The summed E-state index contributed by atoms with van der Waals surface area (Å²) >= 11 is 0. The molecular formula is C23H28N4O2. The van der Waals surface area contributed by atoms with Gasteiger partial charge in [0.2, 0.25) is 5.91 Å². The van der Waals surface area contributed by atoms with Gasteiger partial charge in [-0.2, -0.15) is 0 Å². The first-order chi connectivity index (χ1) is 14.1. The molecule has 3 heterocycles. The quantitative estimate of drug-likeness (QED) is 0.870. The monoisotopic (exact) mass is 392 g/mol. The van der Waals surface area contributed by atoms with Crippen molar-refractivity contribution in [2.75, 3.05) is 13.1 Å². The number of piperidine rings is 1. The van der Waals surface area contributed by atoms with E-state index in [9.17, 15) is 9.59 Å². The Bertz CT molecular complexity index is 965. The molecule has 3 aliphatic rings. The number of nitrogens with zero attached hydrogens (tertiary/aromatic N) is 3. The number of hydrogen-bond acceptors (Lipinski definition) is 4. The van der Waals surface area contributed by atoms with Crippen LogP contribution in [0.4, 0.5) is 0 Å². The van der Waals surface area contributed by atoms with Crippen LogP contribution < -0.4 is 5.56 Å². The predicted molar refractivity (Wildman–Crippen MR) is 110 cm³/mol. The number of aromatic amines is 1. The second-order valence-corrected chi connectivity index (χ2v) is 9.04. The molecule has 1 spiro atoms. The van der Waals surface area contributed by atoms with Gasteiger partial charge in [0.05, 0.1) is 5.69 Å². The van der Waals surface area contributed by atoms with Crippen LogP contribution >= 0.6 is 0 Å². The lowest BCUT2D eigenvalue weighted by Gasteiger charge is -2.41. The summed E-state index contributed by atoms with van der Waals surface area (Å²) in [7, 11) is 0. The molecule has 2 aromatic rings. The van der Waals surface area contributed by atoms with Crippen molar-refractivity contribution in [3.63, 3.8) is 0 Å². The van der Waals surface area contributed by atoms with E-state index in [0.29, 0.717) is 30.6 Å². The van der Waals surface area contributed by atoms with Crippen LogP contribution in [0.25, 0.3) is 11.4 Å². The second-order valence-electron chi connectivity index (χ2n) is 9.04. The maximum Gasteiger partial charge on any atom is 0.254 e. The van der Waals surface area contributed by atoms with Crippen molar-refractivity contribution >= 4 is 5.91 Å². The minimum Gasteiger partial charge on any atom is -0.342 e. The molecule has 1 saturated heterocycles.